The molecule has 0 amide bonds. The van der Waals surface area contributed by atoms with Crippen molar-refractivity contribution in [1.29, 1.82) is 0 Å². The van der Waals surface area contributed by atoms with Crippen molar-refractivity contribution in [3.8, 4) is 0 Å². The highest BCUT2D eigenvalue weighted by atomic mass is 79.9. The number of anilines is 1. The van der Waals surface area contributed by atoms with Crippen LogP contribution >= 0.6 is 27.5 Å². The van der Waals surface area contributed by atoms with Gasteiger partial charge in [0.25, 0.3) is 0 Å². The monoisotopic (exact) mass is 374 g/mol. The predicted octanol–water partition coefficient (Wildman–Crippen LogP) is 3.16. The molecule has 2 rings (SSSR count). The van der Waals surface area contributed by atoms with Crippen LogP contribution in [-0.4, -0.2) is 8.42 Å². The van der Waals surface area contributed by atoms with Gasteiger partial charge in [0.05, 0.1) is 4.90 Å². The van der Waals surface area contributed by atoms with Crippen LogP contribution in [-0.2, 0) is 16.6 Å². The zero-order valence-electron chi connectivity index (χ0n) is 10.3. The first-order valence-corrected chi connectivity index (χ1v) is 8.33. The minimum absolute atomic E-state index is 0.153. The molecule has 3 N–H and O–H groups in total. The maximum Gasteiger partial charge on any atom is 0.240 e. The van der Waals surface area contributed by atoms with E-state index in [-0.39, 0.29) is 11.4 Å². The molecule has 4 nitrogen and oxygen atoms in total. The standard InChI is InChI=1S/C13H12BrClN2O2S/c14-12-7-11(4-5-13(12)16)20(18,19)17-8-9-2-1-3-10(15)6-9/h1-7,17H,8,16H2. The fraction of sp³-hybridized carbons (Fsp3) is 0.0769. The number of nitrogen functional groups attached to an aromatic ring is 1. The van der Waals surface area contributed by atoms with Crippen molar-refractivity contribution >= 4 is 43.2 Å². The molecule has 0 spiro atoms. The Hall–Kier alpha value is -1.08. The molecule has 0 aliphatic rings. The zero-order valence-corrected chi connectivity index (χ0v) is 13.5. The van der Waals surface area contributed by atoms with E-state index >= 15 is 0 Å². The molecule has 0 saturated carbocycles. The molecule has 2 aromatic carbocycles. The topological polar surface area (TPSA) is 72.2 Å². The average molecular weight is 376 g/mol. The SMILES string of the molecule is Nc1ccc(S(=O)(=O)NCc2cccc(Cl)c2)cc1Br. The van der Waals surface area contributed by atoms with E-state index in [2.05, 4.69) is 20.7 Å². The van der Waals surface area contributed by atoms with Crippen LogP contribution in [0.15, 0.2) is 51.8 Å². The van der Waals surface area contributed by atoms with Crippen LogP contribution in [0.4, 0.5) is 5.69 Å². The molecule has 0 aliphatic carbocycles. The normalized spacial score (nSPS) is 11.5. The van der Waals surface area contributed by atoms with E-state index in [0.717, 1.165) is 5.56 Å². The molecule has 0 fully saturated rings. The van der Waals surface area contributed by atoms with Crippen LogP contribution in [0.25, 0.3) is 0 Å². The molecule has 106 valence electrons. The molecule has 0 unspecified atom stereocenters. The number of nitrogens with two attached hydrogens (primary N) is 1. The number of hydrogen-bond donors (Lipinski definition) is 2. The van der Waals surface area contributed by atoms with E-state index in [0.29, 0.717) is 15.2 Å². The first-order valence-electron chi connectivity index (χ1n) is 5.67. The summed E-state index contributed by atoms with van der Waals surface area (Å²) in [6.07, 6.45) is 0. The average Bonchev–Trinajstić information content (AvgIpc) is 2.40. The molecule has 0 saturated heterocycles. The van der Waals surface area contributed by atoms with E-state index in [9.17, 15) is 8.42 Å². The summed E-state index contributed by atoms with van der Waals surface area (Å²) in [6.45, 7) is 0.172. The van der Waals surface area contributed by atoms with E-state index < -0.39 is 10.0 Å². The second kappa shape index (κ2) is 6.13. The van der Waals surface area contributed by atoms with Gasteiger partial charge in [0.15, 0.2) is 0 Å². The van der Waals surface area contributed by atoms with Gasteiger partial charge < -0.3 is 5.73 Å². The molecule has 0 atom stereocenters. The van der Waals surface area contributed by atoms with Crippen LogP contribution in [0.3, 0.4) is 0 Å². The minimum atomic E-state index is -3.59. The van der Waals surface area contributed by atoms with Gasteiger partial charge in [-0.3, -0.25) is 0 Å². The van der Waals surface area contributed by atoms with Gasteiger partial charge in [-0.25, -0.2) is 13.1 Å². The van der Waals surface area contributed by atoms with Crippen molar-refractivity contribution < 1.29 is 8.42 Å². The van der Waals surface area contributed by atoms with Gasteiger partial charge in [-0.2, -0.15) is 0 Å². The summed E-state index contributed by atoms with van der Waals surface area (Å²) >= 11 is 9.06. The number of hydrogen-bond acceptors (Lipinski definition) is 3. The lowest BCUT2D eigenvalue weighted by atomic mass is 10.2. The van der Waals surface area contributed by atoms with Crippen molar-refractivity contribution in [2.75, 3.05) is 5.73 Å². The highest BCUT2D eigenvalue weighted by molar-refractivity contribution is 9.10. The maximum absolute atomic E-state index is 12.1. The van der Waals surface area contributed by atoms with Crippen LogP contribution in [0, 0.1) is 0 Å². The molecule has 2 aromatic rings. The van der Waals surface area contributed by atoms with Gasteiger partial charge >= 0.3 is 0 Å². The summed E-state index contributed by atoms with van der Waals surface area (Å²) in [5, 5.41) is 0.567. The van der Waals surface area contributed by atoms with Crippen LogP contribution in [0.5, 0.6) is 0 Å². The lowest BCUT2D eigenvalue weighted by molar-refractivity contribution is 0.581. The van der Waals surface area contributed by atoms with Gasteiger partial charge in [-0.1, -0.05) is 23.7 Å². The molecular weight excluding hydrogens is 364 g/mol. The minimum Gasteiger partial charge on any atom is -0.398 e. The molecule has 0 aliphatic heterocycles. The van der Waals surface area contributed by atoms with Crippen LogP contribution in [0.2, 0.25) is 5.02 Å². The number of rotatable bonds is 4. The third-order valence-electron chi connectivity index (χ3n) is 2.64. The highest BCUT2D eigenvalue weighted by Crippen LogP contribution is 2.23. The Bertz CT molecular complexity index is 735. The Balaban J connectivity index is 2.17. The van der Waals surface area contributed by atoms with Crippen molar-refractivity contribution in [3.05, 3.63) is 57.5 Å². The molecule has 0 heterocycles. The maximum atomic E-state index is 12.1. The van der Waals surface area contributed by atoms with Gasteiger partial charge in [-0.05, 0) is 51.8 Å². The Kier molecular flexibility index (Phi) is 4.70. The van der Waals surface area contributed by atoms with Gasteiger partial charge in [0, 0.05) is 21.7 Å². The van der Waals surface area contributed by atoms with Gasteiger partial charge in [0.2, 0.25) is 10.0 Å². The molecule has 0 radical (unpaired) electrons. The largest absolute Gasteiger partial charge is 0.398 e. The van der Waals surface area contributed by atoms with E-state index in [1.54, 1.807) is 24.3 Å². The van der Waals surface area contributed by atoms with Gasteiger partial charge in [-0.15, -0.1) is 0 Å². The summed E-state index contributed by atoms with van der Waals surface area (Å²) in [5.74, 6) is 0. The van der Waals surface area contributed by atoms with Gasteiger partial charge in [0.1, 0.15) is 0 Å². The van der Waals surface area contributed by atoms with Crippen LogP contribution < -0.4 is 10.5 Å². The fourth-order valence-electron chi connectivity index (χ4n) is 1.58. The Morgan fingerprint density at radius 1 is 1.20 bits per heavy atom. The van der Waals surface area contributed by atoms with Crippen molar-refractivity contribution in [3.63, 3.8) is 0 Å². The summed E-state index contributed by atoms with van der Waals surface area (Å²) in [6, 6.07) is 11.5. The second-order valence-corrected chi connectivity index (χ2v) is 7.20. The molecular formula is C13H12BrClN2O2S. The third-order valence-corrected chi connectivity index (χ3v) is 4.96. The van der Waals surface area contributed by atoms with E-state index in [4.69, 9.17) is 17.3 Å². The van der Waals surface area contributed by atoms with E-state index in [1.807, 2.05) is 0 Å². The molecule has 0 aromatic heterocycles. The highest BCUT2D eigenvalue weighted by Gasteiger charge is 2.14. The summed E-state index contributed by atoms with van der Waals surface area (Å²) in [7, 11) is -3.59. The zero-order chi connectivity index (χ0) is 14.8. The Labute approximate surface area is 131 Å². The number of benzene rings is 2. The van der Waals surface area contributed by atoms with Crippen molar-refractivity contribution in [1.82, 2.24) is 4.72 Å². The van der Waals surface area contributed by atoms with E-state index in [1.165, 1.54) is 18.2 Å². The molecule has 7 heteroatoms. The third kappa shape index (κ3) is 3.73. The van der Waals surface area contributed by atoms with Crippen molar-refractivity contribution in [2.24, 2.45) is 0 Å². The first kappa shape index (κ1) is 15.3. The second-order valence-electron chi connectivity index (χ2n) is 4.14. The lowest BCUT2D eigenvalue weighted by Gasteiger charge is -2.08. The summed E-state index contributed by atoms with van der Waals surface area (Å²) in [4.78, 5) is 0.153. The number of nitrogens with one attached hydrogen (secondary N) is 1. The number of halogens is 2. The smallest absolute Gasteiger partial charge is 0.240 e. The quantitative estimate of drug-likeness (QED) is 0.806. The first-order chi connectivity index (χ1) is 9.38. The predicted molar refractivity (Wildman–Crippen MR) is 84.0 cm³/mol. The fourth-order valence-corrected chi connectivity index (χ4v) is 3.37. The molecule has 0 bridgehead atoms. The Morgan fingerprint density at radius 2 is 1.95 bits per heavy atom. The van der Waals surface area contributed by atoms with Crippen molar-refractivity contribution in [2.45, 2.75) is 11.4 Å². The Morgan fingerprint density at radius 3 is 2.60 bits per heavy atom. The number of sulfonamides is 1. The lowest BCUT2D eigenvalue weighted by Crippen LogP contribution is -2.23. The summed E-state index contributed by atoms with van der Waals surface area (Å²) in [5.41, 5.74) is 6.91. The summed E-state index contributed by atoms with van der Waals surface area (Å²) < 4.78 is 27.4. The van der Waals surface area contributed by atoms with Crippen LogP contribution in [0.1, 0.15) is 5.56 Å². The molecule has 20 heavy (non-hydrogen) atoms.